The normalized spacial score (nSPS) is 11.9. The molecule has 1 atom stereocenters. The van der Waals surface area contributed by atoms with Gasteiger partial charge in [-0.25, -0.2) is 4.79 Å². The van der Waals surface area contributed by atoms with Gasteiger partial charge in [-0.2, -0.15) is 5.10 Å². The van der Waals surface area contributed by atoms with Crippen LogP contribution < -0.4 is 5.32 Å². The molecule has 0 aliphatic carbocycles. The molecule has 0 bridgehead atoms. The zero-order chi connectivity index (χ0) is 15.2. The van der Waals surface area contributed by atoms with Gasteiger partial charge in [0.05, 0.1) is 6.20 Å². The molecule has 7 heteroatoms. The lowest BCUT2D eigenvalue weighted by atomic mass is 10.1. The number of amides is 1. The molecule has 0 radical (unpaired) electrons. The SMILES string of the molecule is Cn1cc(C(NC(=O)CCc2ccncc2)C(=O)O)cn1. The lowest BCUT2D eigenvalue weighted by Crippen LogP contribution is -2.33. The minimum atomic E-state index is -1.11. The zero-order valence-corrected chi connectivity index (χ0v) is 11.6. The Morgan fingerprint density at radius 3 is 2.67 bits per heavy atom. The number of carbonyl (C=O) groups excluding carboxylic acids is 1. The van der Waals surface area contributed by atoms with Crippen molar-refractivity contribution >= 4 is 11.9 Å². The van der Waals surface area contributed by atoms with Gasteiger partial charge in [-0.05, 0) is 24.1 Å². The number of pyridine rings is 1. The Bertz CT molecular complexity index is 624. The van der Waals surface area contributed by atoms with Crippen LogP contribution >= 0.6 is 0 Å². The van der Waals surface area contributed by atoms with Crippen molar-refractivity contribution < 1.29 is 14.7 Å². The predicted octanol–water partition coefficient (Wildman–Crippen LogP) is 0.690. The number of hydrogen-bond acceptors (Lipinski definition) is 4. The van der Waals surface area contributed by atoms with Crippen LogP contribution in [0.4, 0.5) is 0 Å². The molecule has 2 aromatic heterocycles. The van der Waals surface area contributed by atoms with Gasteiger partial charge in [0.25, 0.3) is 0 Å². The van der Waals surface area contributed by atoms with Gasteiger partial charge in [0, 0.05) is 37.6 Å². The van der Waals surface area contributed by atoms with Crippen LogP contribution in [0, 0.1) is 0 Å². The Kier molecular flexibility index (Phi) is 4.65. The second-order valence-electron chi connectivity index (χ2n) is 4.64. The van der Waals surface area contributed by atoms with Crippen molar-refractivity contribution in [3.05, 3.63) is 48.0 Å². The van der Waals surface area contributed by atoms with Gasteiger partial charge >= 0.3 is 5.97 Å². The average molecular weight is 288 g/mol. The van der Waals surface area contributed by atoms with Crippen LogP contribution in [0.2, 0.25) is 0 Å². The second kappa shape index (κ2) is 6.65. The van der Waals surface area contributed by atoms with Crippen LogP contribution in [0.1, 0.15) is 23.6 Å². The van der Waals surface area contributed by atoms with Crippen molar-refractivity contribution in [1.29, 1.82) is 0 Å². The fraction of sp³-hybridized carbons (Fsp3) is 0.286. The van der Waals surface area contributed by atoms with Crippen molar-refractivity contribution in [3.63, 3.8) is 0 Å². The molecule has 0 saturated carbocycles. The Morgan fingerprint density at radius 2 is 2.10 bits per heavy atom. The van der Waals surface area contributed by atoms with Crippen molar-refractivity contribution in [2.75, 3.05) is 0 Å². The number of carbonyl (C=O) groups is 2. The van der Waals surface area contributed by atoms with Crippen molar-refractivity contribution in [2.24, 2.45) is 7.05 Å². The molecule has 2 aromatic rings. The molecular weight excluding hydrogens is 272 g/mol. The first-order chi connectivity index (χ1) is 10.1. The number of carboxylic acids is 1. The quantitative estimate of drug-likeness (QED) is 0.815. The monoisotopic (exact) mass is 288 g/mol. The van der Waals surface area contributed by atoms with Crippen LogP contribution in [-0.2, 0) is 23.1 Å². The fourth-order valence-electron chi connectivity index (χ4n) is 1.92. The first-order valence-corrected chi connectivity index (χ1v) is 6.46. The van der Waals surface area contributed by atoms with Gasteiger partial charge in [-0.3, -0.25) is 14.5 Å². The topological polar surface area (TPSA) is 97.1 Å². The van der Waals surface area contributed by atoms with E-state index in [0.29, 0.717) is 12.0 Å². The van der Waals surface area contributed by atoms with E-state index in [2.05, 4.69) is 15.4 Å². The summed E-state index contributed by atoms with van der Waals surface area (Å²) in [4.78, 5) is 27.1. The molecule has 0 aliphatic rings. The van der Waals surface area contributed by atoms with E-state index in [1.165, 1.54) is 10.9 Å². The molecule has 1 amide bonds. The smallest absolute Gasteiger partial charge is 0.331 e. The van der Waals surface area contributed by atoms with Crippen molar-refractivity contribution in [1.82, 2.24) is 20.1 Å². The minimum Gasteiger partial charge on any atom is -0.479 e. The molecule has 110 valence electrons. The molecular formula is C14H16N4O3. The molecule has 0 aliphatic heterocycles. The predicted molar refractivity (Wildman–Crippen MR) is 74.3 cm³/mol. The van der Waals surface area contributed by atoms with Gasteiger partial charge in [0.1, 0.15) is 0 Å². The van der Waals surface area contributed by atoms with Crippen molar-refractivity contribution in [2.45, 2.75) is 18.9 Å². The molecule has 0 aromatic carbocycles. The maximum Gasteiger partial charge on any atom is 0.331 e. The number of rotatable bonds is 6. The number of nitrogens with zero attached hydrogens (tertiary/aromatic N) is 3. The van der Waals surface area contributed by atoms with E-state index < -0.39 is 12.0 Å². The van der Waals surface area contributed by atoms with E-state index >= 15 is 0 Å². The summed E-state index contributed by atoms with van der Waals surface area (Å²) >= 11 is 0. The van der Waals surface area contributed by atoms with Crippen LogP contribution in [-0.4, -0.2) is 31.7 Å². The van der Waals surface area contributed by atoms with Gasteiger partial charge in [0.15, 0.2) is 6.04 Å². The molecule has 2 heterocycles. The van der Waals surface area contributed by atoms with E-state index in [1.807, 2.05) is 12.1 Å². The number of nitrogens with one attached hydrogen (secondary N) is 1. The van der Waals surface area contributed by atoms with Gasteiger partial charge in [-0.1, -0.05) is 0 Å². The first-order valence-electron chi connectivity index (χ1n) is 6.46. The second-order valence-corrected chi connectivity index (χ2v) is 4.64. The van der Waals surface area contributed by atoms with Gasteiger partial charge < -0.3 is 10.4 Å². The maximum absolute atomic E-state index is 11.9. The Labute approximate surface area is 121 Å². The summed E-state index contributed by atoms with van der Waals surface area (Å²) < 4.78 is 1.49. The third-order valence-electron chi connectivity index (χ3n) is 3.00. The van der Waals surface area contributed by atoms with E-state index in [9.17, 15) is 14.7 Å². The highest BCUT2D eigenvalue weighted by Gasteiger charge is 2.23. The van der Waals surface area contributed by atoms with Gasteiger partial charge in [-0.15, -0.1) is 0 Å². The van der Waals surface area contributed by atoms with Crippen LogP contribution in [0.25, 0.3) is 0 Å². The largest absolute Gasteiger partial charge is 0.479 e. The summed E-state index contributed by atoms with van der Waals surface area (Å²) in [5.74, 6) is -1.43. The minimum absolute atomic E-state index is 0.216. The highest BCUT2D eigenvalue weighted by atomic mass is 16.4. The highest BCUT2D eigenvalue weighted by Crippen LogP contribution is 2.12. The number of hydrogen-bond donors (Lipinski definition) is 2. The molecule has 1 unspecified atom stereocenters. The number of aromatic nitrogens is 3. The fourth-order valence-corrected chi connectivity index (χ4v) is 1.92. The molecule has 0 saturated heterocycles. The number of aliphatic carboxylic acids is 1. The Morgan fingerprint density at radius 1 is 1.38 bits per heavy atom. The van der Waals surface area contributed by atoms with Crippen LogP contribution in [0.15, 0.2) is 36.9 Å². The summed E-state index contributed by atoms with van der Waals surface area (Å²) in [5.41, 5.74) is 1.43. The van der Waals surface area contributed by atoms with E-state index in [4.69, 9.17) is 0 Å². The van der Waals surface area contributed by atoms with Gasteiger partial charge in [0.2, 0.25) is 5.91 Å². The highest BCUT2D eigenvalue weighted by molar-refractivity contribution is 5.84. The lowest BCUT2D eigenvalue weighted by molar-refractivity contribution is -0.142. The molecule has 21 heavy (non-hydrogen) atoms. The number of aryl methyl sites for hydroxylation is 2. The standard InChI is InChI=1S/C14H16N4O3/c1-18-9-11(8-16-18)13(14(20)21)17-12(19)3-2-10-4-6-15-7-5-10/h4-9,13H,2-3H2,1H3,(H,17,19)(H,20,21). The molecule has 7 nitrogen and oxygen atoms in total. The average Bonchev–Trinajstić information content (AvgIpc) is 2.89. The molecule has 0 spiro atoms. The number of carboxylic acid groups (broad SMARTS) is 1. The zero-order valence-electron chi connectivity index (χ0n) is 11.6. The lowest BCUT2D eigenvalue weighted by Gasteiger charge is -2.12. The van der Waals surface area contributed by atoms with Crippen molar-refractivity contribution in [3.8, 4) is 0 Å². The first kappa shape index (κ1) is 14.7. The third-order valence-corrected chi connectivity index (χ3v) is 3.00. The summed E-state index contributed by atoms with van der Waals surface area (Å²) in [7, 11) is 1.69. The van der Waals surface area contributed by atoms with E-state index in [1.54, 1.807) is 25.6 Å². The summed E-state index contributed by atoms with van der Waals surface area (Å²) in [6.07, 6.45) is 7.07. The van der Waals surface area contributed by atoms with E-state index in [-0.39, 0.29) is 12.3 Å². The molecule has 2 rings (SSSR count). The third kappa shape index (κ3) is 4.13. The van der Waals surface area contributed by atoms with E-state index in [0.717, 1.165) is 5.56 Å². The van der Waals surface area contributed by atoms with Crippen LogP contribution in [0.3, 0.4) is 0 Å². The maximum atomic E-state index is 11.9. The van der Waals surface area contributed by atoms with Crippen LogP contribution in [0.5, 0.6) is 0 Å². The Hall–Kier alpha value is -2.70. The molecule has 0 fully saturated rings. The molecule has 2 N–H and O–H groups in total. The Balaban J connectivity index is 1.94. The summed E-state index contributed by atoms with van der Waals surface area (Å²) in [5, 5.41) is 15.6. The summed E-state index contributed by atoms with van der Waals surface area (Å²) in [6.45, 7) is 0. The summed E-state index contributed by atoms with van der Waals surface area (Å²) in [6, 6.07) is 2.57.